The van der Waals surface area contributed by atoms with E-state index in [1.807, 2.05) is 7.05 Å². The maximum Gasteiger partial charge on any atom is 0.265 e. The second-order valence-corrected chi connectivity index (χ2v) is 6.32. The summed E-state index contributed by atoms with van der Waals surface area (Å²) in [5.41, 5.74) is 1.10. The van der Waals surface area contributed by atoms with E-state index in [4.69, 9.17) is 0 Å². The van der Waals surface area contributed by atoms with E-state index < -0.39 is 10.0 Å². The second kappa shape index (κ2) is 6.68. The van der Waals surface area contributed by atoms with Gasteiger partial charge in [0.05, 0.1) is 17.6 Å². The topological polar surface area (TPSA) is 88.9 Å². The van der Waals surface area contributed by atoms with Gasteiger partial charge in [-0.05, 0) is 39.1 Å². The van der Waals surface area contributed by atoms with Crippen LogP contribution in [0.2, 0.25) is 0 Å². The molecule has 0 aliphatic heterocycles. The van der Waals surface area contributed by atoms with Gasteiger partial charge in [0.2, 0.25) is 0 Å². The minimum atomic E-state index is -3.63. The molecule has 0 radical (unpaired) electrons. The smallest absolute Gasteiger partial charge is 0.265 e. The van der Waals surface area contributed by atoms with Gasteiger partial charge in [-0.2, -0.15) is 5.10 Å². The molecule has 21 heavy (non-hydrogen) atoms. The summed E-state index contributed by atoms with van der Waals surface area (Å²) >= 11 is 0. The molecule has 0 spiro atoms. The van der Waals surface area contributed by atoms with E-state index >= 15 is 0 Å². The van der Waals surface area contributed by atoms with Crippen molar-refractivity contribution < 1.29 is 8.42 Å². The average Bonchev–Trinajstić information content (AvgIpc) is 2.91. The SMILES string of the molecule is CNCCCn1cc(S(=O)(=O)Nc2cccnc2C)cn1. The Bertz CT molecular complexity index is 696. The Morgan fingerprint density at radius 3 is 2.90 bits per heavy atom. The van der Waals surface area contributed by atoms with E-state index in [0.29, 0.717) is 17.9 Å². The maximum atomic E-state index is 12.3. The highest BCUT2D eigenvalue weighted by Gasteiger charge is 2.17. The first kappa shape index (κ1) is 15.5. The molecule has 0 saturated heterocycles. The van der Waals surface area contributed by atoms with Gasteiger partial charge in [-0.25, -0.2) is 8.42 Å². The van der Waals surface area contributed by atoms with Gasteiger partial charge in [0.1, 0.15) is 4.90 Å². The molecule has 2 aromatic heterocycles. The standard InChI is InChI=1S/C13H19N5O2S/c1-11-13(5-3-7-15-11)17-21(19,20)12-9-16-18(10-12)8-4-6-14-2/h3,5,7,9-10,14,17H,4,6,8H2,1-2H3. The molecule has 8 heteroatoms. The molecule has 2 aromatic rings. The zero-order valence-corrected chi connectivity index (χ0v) is 12.9. The minimum Gasteiger partial charge on any atom is -0.320 e. The van der Waals surface area contributed by atoms with Crippen LogP contribution < -0.4 is 10.0 Å². The number of sulfonamides is 1. The zero-order valence-electron chi connectivity index (χ0n) is 12.1. The lowest BCUT2D eigenvalue weighted by Gasteiger charge is -2.07. The predicted octanol–water partition coefficient (Wildman–Crippen LogP) is 0.997. The lowest BCUT2D eigenvalue weighted by Crippen LogP contribution is -2.14. The van der Waals surface area contributed by atoms with Crippen LogP contribution in [0.5, 0.6) is 0 Å². The Hall–Kier alpha value is -1.93. The molecule has 0 amide bonds. The van der Waals surface area contributed by atoms with Gasteiger partial charge < -0.3 is 5.32 Å². The number of hydrogen-bond donors (Lipinski definition) is 2. The molecule has 2 N–H and O–H groups in total. The van der Waals surface area contributed by atoms with Crippen LogP contribution in [0.4, 0.5) is 5.69 Å². The first-order valence-electron chi connectivity index (χ1n) is 6.64. The molecule has 0 aliphatic rings. The molecule has 0 fully saturated rings. The van der Waals surface area contributed by atoms with Crippen molar-refractivity contribution in [3.05, 3.63) is 36.4 Å². The van der Waals surface area contributed by atoms with E-state index in [0.717, 1.165) is 13.0 Å². The predicted molar refractivity (Wildman–Crippen MR) is 80.6 cm³/mol. The largest absolute Gasteiger partial charge is 0.320 e. The molecular weight excluding hydrogens is 290 g/mol. The third-order valence-electron chi connectivity index (χ3n) is 2.99. The number of aryl methyl sites for hydroxylation is 2. The molecule has 2 heterocycles. The fraction of sp³-hybridized carbons (Fsp3) is 0.385. The molecule has 7 nitrogen and oxygen atoms in total. The Kier molecular flexibility index (Phi) is 4.92. The molecule has 0 aliphatic carbocycles. The first-order valence-corrected chi connectivity index (χ1v) is 8.13. The maximum absolute atomic E-state index is 12.3. The van der Waals surface area contributed by atoms with Crippen LogP contribution in [-0.2, 0) is 16.6 Å². The number of hydrogen-bond acceptors (Lipinski definition) is 5. The molecule has 0 bridgehead atoms. The quantitative estimate of drug-likeness (QED) is 0.745. The first-order chi connectivity index (χ1) is 10.0. The molecular formula is C13H19N5O2S. The average molecular weight is 309 g/mol. The lowest BCUT2D eigenvalue weighted by atomic mass is 10.3. The van der Waals surface area contributed by atoms with Gasteiger partial charge >= 0.3 is 0 Å². The van der Waals surface area contributed by atoms with E-state index in [1.165, 1.54) is 12.4 Å². The van der Waals surface area contributed by atoms with E-state index in [-0.39, 0.29) is 4.90 Å². The van der Waals surface area contributed by atoms with Gasteiger partial charge in [0, 0.05) is 18.9 Å². The third-order valence-corrected chi connectivity index (χ3v) is 4.31. The number of pyridine rings is 1. The number of aromatic nitrogens is 3. The monoisotopic (exact) mass is 309 g/mol. The van der Waals surface area contributed by atoms with Gasteiger partial charge in [-0.15, -0.1) is 0 Å². The molecule has 0 aromatic carbocycles. The number of nitrogens with zero attached hydrogens (tertiary/aromatic N) is 3. The zero-order chi connectivity index (χ0) is 15.3. The number of nitrogens with one attached hydrogen (secondary N) is 2. The van der Waals surface area contributed by atoms with E-state index in [9.17, 15) is 8.42 Å². The fourth-order valence-electron chi connectivity index (χ4n) is 1.82. The van der Waals surface area contributed by atoms with Crippen molar-refractivity contribution in [2.24, 2.45) is 0 Å². The van der Waals surface area contributed by atoms with E-state index in [1.54, 1.807) is 29.9 Å². The van der Waals surface area contributed by atoms with Gasteiger partial charge in [-0.3, -0.25) is 14.4 Å². The van der Waals surface area contributed by atoms with Gasteiger partial charge in [-0.1, -0.05) is 0 Å². The van der Waals surface area contributed by atoms with Crippen LogP contribution in [-0.4, -0.2) is 36.8 Å². The summed E-state index contributed by atoms with van der Waals surface area (Å²) in [6, 6.07) is 3.36. The summed E-state index contributed by atoms with van der Waals surface area (Å²) in [5.74, 6) is 0. The van der Waals surface area contributed by atoms with Crippen LogP contribution in [0, 0.1) is 6.92 Å². The second-order valence-electron chi connectivity index (χ2n) is 4.64. The number of anilines is 1. The van der Waals surface area contributed by atoms with Crippen LogP contribution in [0.3, 0.4) is 0 Å². The normalized spacial score (nSPS) is 11.5. The highest BCUT2D eigenvalue weighted by molar-refractivity contribution is 7.92. The third kappa shape index (κ3) is 4.02. The minimum absolute atomic E-state index is 0.148. The lowest BCUT2D eigenvalue weighted by molar-refractivity contribution is 0.561. The summed E-state index contributed by atoms with van der Waals surface area (Å²) in [6.45, 7) is 3.27. The summed E-state index contributed by atoms with van der Waals surface area (Å²) in [4.78, 5) is 4.21. The van der Waals surface area contributed by atoms with Gasteiger partial charge in [0.25, 0.3) is 10.0 Å². The fourth-order valence-corrected chi connectivity index (χ4v) is 2.89. The summed E-state index contributed by atoms with van der Waals surface area (Å²) in [7, 11) is -1.76. The summed E-state index contributed by atoms with van der Waals surface area (Å²) in [5, 5.41) is 7.11. The Morgan fingerprint density at radius 1 is 1.38 bits per heavy atom. The summed E-state index contributed by atoms with van der Waals surface area (Å²) in [6.07, 6.45) is 5.39. The van der Waals surface area contributed by atoms with Crippen LogP contribution >= 0.6 is 0 Å². The van der Waals surface area contributed by atoms with Crippen molar-refractivity contribution in [3.8, 4) is 0 Å². The van der Waals surface area contributed by atoms with Crippen LogP contribution in [0.15, 0.2) is 35.6 Å². The van der Waals surface area contributed by atoms with Crippen molar-refractivity contribution in [1.82, 2.24) is 20.1 Å². The van der Waals surface area contributed by atoms with E-state index in [2.05, 4.69) is 20.1 Å². The van der Waals surface area contributed by atoms with Crippen molar-refractivity contribution in [2.75, 3.05) is 18.3 Å². The molecule has 0 atom stereocenters. The highest BCUT2D eigenvalue weighted by Crippen LogP contribution is 2.17. The van der Waals surface area contributed by atoms with Crippen molar-refractivity contribution in [1.29, 1.82) is 0 Å². The Labute approximate surface area is 124 Å². The van der Waals surface area contributed by atoms with Gasteiger partial charge in [0.15, 0.2) is 0 Å². The molecule has 114 valence electrons. The summed E-state index contributed by atoms with van der Waals surface area (Å²) < 4.78 is 28.7. The molecule has 2 rings (SSSR count). The Balaban J connectivity index is 2.11. The Morgan fingerprint density at radius 2 is 2.19 bits per heavy atom. The van der Waals surface area contributed by atoms with Crippen LogP contribution in [0.25, 0.3) is 0 Å². The molecule has 0 saturated carbocycles. The van der Waals surface area contributed by atoms with Crippen LogP contribution in [0.1, 0.15) is 12.1 Å². The highest BCUT2D eigenvalue weighted by atomic mass is 32.2. The number of rotatable bonds is 7. The van der Waals surface area contributed by atoms with Crippen molar-refractivity contribution in [3.63, 3.8) is 0 Å². The molecule has 0 unspecified atom stereocenters. The van der Waals surface area contributed by atoms with Crippen molar-refractivity contribution >= 4 is 15.7 Å². The van der Waals surface area contributed by atoms with Crippen molar-refractivity contribution in [2.45, 2.75) is 24.8 Å².